The highest BCUT2D eigenvalue weighted by Crippen LogP contribution is 2.12. The van der Waals surface area contributed by atoms with Crippen molar-refractivity contribution in [3.8, 4) is 0 Å². The predicted octanol–water partition coefficient (Wildman–Crippen LogP) is 11.7. The number of unbranched alkanes of at least 4 members (excludes halogenated alkanes) is 14. The minimum absolute atomic E-state index is 0.110. The third kappa shape index (κ3) is 34.7. The number of amides is 1. The van der Waals surface area contributed by atoms with Crippen LogP contribution in [-0.4, -0.2) is 34.9 Å². The summed E-state index contributed by atoms with van der Waals surface area (Å²) in [6, 6.07) is -0.660. The smallest absolute Gasteiger partial charge is 0.220 e. The Morgan fingerprint density at radius 3 is 1.49 bits per heavy atom. The number of carbonyl (C=O) groups excluding carboxylic acids is 1. The van der Waals surface area contributed by atoms with E-state index >= 15 is 0 Å². The van der Waals surface area contributed by atoms with E-state index in [-0.39, 0.29) is 12.5 Å². The Labute approximate surface area is 291 Å². The molecule has 4 nitrogen and oxygen atoms in total. The molecule has 0 aliphatic carbocycles. The van der Waals surface area contributed by atoms with Crippen LogP contribution in [0.4, 0.5) is 0 Å². The lowest BCUT2D eigenvalue weighted by Crippen LogP contribution is -2.45. The van der Waals surface area contributed by atoms with Gasteiger partial charge in [-0.25, -0.2) is 0 Å². The summed E-state index contributed by atoms with van der Waals surface area (Å²) in [5.41, 5.74) is 0. The van der Waals surface area contributed by atoms with Gasteiger partial charge in [-0.3, -0.25) is 4.79 Å². The number of nitrogens with one attached hydrogen (secondary N) is 1. The van der Waals surface area contributed by atoms with Gasteiger partial charge in [-0.1, -0.05) is 163 Å². The Bertz CT molecular complexity index is 879. The molecule has 2 atom stereocenters. The van der Waals surface area contributed by atoms with E-state index in [4.69, 9.17) is 0 Å². The van der Waals surface area contributed by atoms with Crippen molar-refractivity contribution in [1.29, 1.82) is 0 Å². The third-order valence-electron chi connectivity index (χ3n) is 8.11. The first-order valence-electron chi connectivity index (χ1n) is 19.3. The average Bonchev–Trinajstić information content (AvgIpc) is 3.07. The summed E-state index contributed by atoms with van der Waals surface area (Å²) in [5, 5.41) is 22.9. The fourth-order valence-corrected chi connectivity index (χ4v) is 5.16. The first kappa shape index (κ1) is 44.6. The third-order valence-corrected chi connectivity index (χ3v) is 8.11. The lowest BCUT2D eigenvalue weighted by molar-refractivity contribution is -0.123. The quantitative estimate of drug-likeness (QED) is 0.0488. The van der Waals surface area contributed by atoms with E-state index in [1.165, 1.54) is 64.2 Å². The van der Waals surface area contributed by atoms with Crippen molar-refractivity contribution in [2.45, 2.75) is 174 Å². The Morgan fingerprint density at radius 1 is 0.532 bits per heavy atom. The van der Waals surface area contributed by atoms with Crippen molar-refractivity contribution in [1.82, 2.24) is 5.32 Å². The highest BCUT2D eigenvalue weighted by atomic mass is 16.3. The molecule has 0 saturated carbocycles. The summed E-state index contributed by atoms with van der Waals surface area (Å²) in [6.45, 7) is 4.14. The maximum atomic E-state index is 12.3. The number of rotatable bonds is 33. The maximum absolute atomic E-state index is 12.3. The molecule has 0 aromatic heterocycles. The number of carbonyl (C=O) groups is 1. The summed E-state index contributed by atoms with van der Waals surface area (Å²) in [5.74, 6) is -0.110. The van der Waals surface area contributed by atoms with Crippen LogP contribution in [0.25, 0.3) is 0 Å². The summed E-state index contributed by atoms with van der Waals surface area (Å²) in [4.78, 5) is 12.3. The van der Waals surface area contributed by atoms with Gasteiger partial charge in [-0.05, 0) is 77.0 Å². The zero-order valence-corrected chi connectivity index (χ0v) is 30.5. The SMILES string of the molecule is CC/C=C\C/C=C\C/C=C\C/C=C\C/C=C\CCCCCC(=O)NC(CO)C(O)/C=C/CC/C=C/CCCCCCCCCCCC. The zero-order chi connectivity index (χ0) is 34.3. The highest BCUT2D eigenvalue weighted by Gasteiger charge is 2.17. The minimum Gasteiger partial charge on any atom is -0.394 e. The first-order valence-corrected chi connectivity index (χ1v) is 19.3. The Balaban J connectivity index is 3.78. The normalized spacial score (nSPS) is 14.0. The highest BCUT2D eigenvalue weighted by molar-refractivity contribution is 5.76. The number of hydrogen-bond acceptors (Lipinski definition) is 3. The molecule has 0 saturated heterocycles. The van der Waals surface area contributed by atoms with Crippen molar-refractivity contribution in [3.63, 3.8) is 0 Å². The first-order chi connectivity index (χ1) is 23.2. The molecule has 0 fully saturated rings. The second kappa shape index (κ2) is 38.0. The number of hydrogen-bond donors (Lipinski definition) is 3. The van der Waals surface area contributed by atoms with Crippen LogP contribution in [0, 0.1) is 0 Å². The van der Waals surface area contributed by atoms with Crippen LogP contribution in [0.3, 0.4) is 0 Å². The topological polar surface area (TPSA) is 69.6 Å². The van der Waals surface area contributed by atoms with Gasteiger partial charge in [0.05, 0.1) is 18.8 Å². The zero-order valence-electron chi connectivity index (χ0n) is 30.5. The Morgan fingerprint density at radius 2 is 0.957 bits per heavy atom. The van der Waals surface area contributed by atoms with Gasteiger partial charge in [-0.2, -0.15) is 0 Å². The molecule has 0 spiro atoms. The standard InChI is InChI=1S/C43H73NO3/c1-3-5-7-9-11-13-15-17-19-21-22-23-25-27-29-31-33-35-37-39-43(47)44-41(40-45)42(46)38-36-34-32-30-28-26-24-20-18-16-14-12-10-8-6-4-2/h5,7,11,13,17,19,22-23,27-30,36,38,41-42,45-46H,3-4,6,8-10,12,14-16,18,20-21,24-26,31-35,37,39-40H2,1-2H3,(H,44,47)/b7-5-,13-11-,19-17-,23-22-,29-27-,30-28+,38-36+. The van der Waals surface area contributed by atoms with E-state index < -0.39 is 12.1 Å². The molecular weight excluding hydrogens is 578 g/mol. The summed E-state index contributed by atoms with van der Waals surface area (Å²) in [6.07, 6.45) is 55.3. The molecule has 0 aromatic rings. The van der Waals surface area contributed by atoms with Crippen molar-refractivity contribution in [2.24, 2.45) is 0 Å². The molecule has 3 N–H and O–H groups in total. The fourth-order valence-electron chi connectivity index (χ4n) is 5.16. The molecule has 1 amide bonds. The number of aliphatic hydroxyl groups is 2. The summed E-state index contributed by atoms with van der Waals surface area (Å²) < 4.78 is 0. The molecule has 2 unspecified atom stereocenters. The van der Waals surface area contributed by atoms with Crippen LogP contribution in [0.15, 0.2) is 85.1 Å². The van der Waals surface area contributed by atoms with Gasteiger partial charge >= 0.3 is 0 Å². The molecule has 268 valence electrons. The van der Waals surface area contributed by atoms with Gasteiger partial charge in [-0.15, -0.1) is 0 Å². The molecule has 0 heterocycles. The second-order valence-corrected chi connectivity index (χ2v) is 12.6. The Hall–Kier alpha value is -2.43. The van der Waals surface area contributed by atoms with Gasteiger partial charge in [0.1, 0.15) is 0 Å². The molecule has 4 heteroatoms. The maximum Gasteiger partial charge on any atom is 0.220 e. The van der Waals surface area contributed by atoms with Gasteiger partial charge in [0.2, 0.25) is 5.91 Å². The molecule has 0 aliphatic heterocycles. The average molecular weight is 652 g/mol. The van der Waals surface area contributed by atoms with E-state index in [9.17, 15) is 15.0 Å². The monoisotopic (exact) mass is 652 g/mol. The number of aliphatic hydroxyl groups excluding tert-OH is 2. The van der Waals surface area contributed by atoms with Crippen molar-refractivity contribution in [3.05, 3.63) is 85.1 Å². The van der Waals surface area contributed by atoms with Gasteiger partial charge in [0.25, 0.3) is 0 Å². The van der Waals surface area contributed by atoms with E-state index in [0.717, 1.165) is 77.0 Å². The Kier molecular flexibility index (Phi) is 36.1. The van der Waals surface area contributed by atoms with E-state index in [0.29, 0.717) is 6.42 Å². The van der Waals surface area contributed by atoms with Crippen molar-refractivity contribution < 1.29 is 15.0 Å². The number of allylic oxidation sites excluding steroid dienone is 13. The van der Waals surface area contributed by atoms with Crippen LogP contribution in [0.1, 0.15) is 162 Å². The van der Waals surface area contributed by atoms with Crippen LogP contribution >= 0.6 is 0 Å². The molecule has 0 radical (unpaired) electrons. The molecule has 0 bridgehead atoms. The lowest BCUT2D eigenvalue weighted by atomic mass is 10.1. The van der Waals surface area contributed by atoms with Crippen LogP contribution in [0.5, 0.6) is 0 Å². The van der Waals surface area contributed by atoms with Crippen molar-refractivity contribution in [2.75, 3.05) is 6.61 Å². The van der Waals surface area contributed by atoms with E-state index in [1.54, 1.807) is 6.08 Å². The van der Waals surface area contributed by atoms with E-state index in [2.05, 4.69) is 92.1 Å². The van der Waals surface area contributed by atoms with Crippen LogP contribution in [0.2, 0.25) is 0 Å². The molecule has 0 aliphatic rings. The predicted molar refractivity (Wildman–Crippen MR) is 207 cm³/mol. The van der Waals surface area contributed by atoms with Crippen molar-refractivity contribution >= 4 is 5.91 Å². The molecular formula is C43H73NO3. The minimum atomic E-state index is -0.880. The second-order valence-electron chi connectivity index (χ2n) is 12.6. The van der Waals surface area contributed by atoms with Crippen LogP contribution in [-0.2, 0) is 4.79 Å². The lowest BCUT2D eigenvalue weighted by Gasteiger charge is -2.19. The largest absolute Gasteiger partial charge is 0.394 e. The molecule has 0 aromatic carbocycles. The van der Waals surface area contributed by atoms with Gasteiger partial charge in [0, 0.05) is 6.42 Å². The molecule has 47 heavy (non-hydrogen) atoms. The fraction of sp³-hybridized carbons (Fsp3) is 0.651. The molecule has 0 rings (SSSR count). The summed E-state index contributed by atoms with van der Waals surface area (Å²) in [7, 11) is 0. The summed E-state index contributed by atoms with van der Waals surface area (Å²) >= 11 is 0. The van der Waals surface area contributed by atoms with Gasteiger partial charge < -0.3 is 15.5 Å². The van der Waals surface area contributed by atoms with Gasteiger partial charge in [0.15, 0.2) is 0 Å². The van der Waals surface area contributed by atoms with Crippen LogP contribution < -0.4 is 5.32 Å². The van der Waals surface area contributed by atoms with E-state index in [1.807, 2.05) is 6.08 Å².